The number of ether oxygens (including phenoxy) is 2. The van der Waals surface area contributed by atoms with E-state index in [0.29, 0.717) is 6.42 Å². The maximum Gasteiger partial charge on any atom is 0.333 e. The molecule has 4 amide bonds. The highest BCUT2D eigenvalue weighted by atomic mass is 16.5. The second kappa shape index (κ2) is 16.0. The van der Waals surface area contributed by atoms with Crippen molar-refractivity contribution >= 4 is 35.6 Å². The van der Waals surface area contributed by atoms with Crippen LogP contribution in [0.3, 0.4) is 0 Å². The number of hydrogen-bond donors (Lipinski definition) is 4. The van der Waals surface area contributed by atoms with Gasteiger partial charge in [0.05, 0.1) is 13.1 Å². The average molecular weight is 469 g/mol. The maximum atomic E-state index is 12.0. The van der Waals surface area contributed by atoms with E-state index in [1.165, 1.54) is 13.8 Å². The van der Waals surface area contributed by atoms with Crippen LogP contribution in [0.2, 0.25) is 0 Å². The molecule has 0 aliphatic heterocycles. The third-order valence-corrected chi connectivity index (χ3v) is 3.96. The number of rotatable bonds is 13. The first-order valence-corrected chi connectivity index (χ1v) is 10.3. The quantitative estimate of drug-likeness (QED) is 0.114. The lowest BCUT2D eigenvalue weighted by Crippen LogP contribution is -2.47. The van der Waals surface area contributed by atoms with E-state index >= 15 is 0 Å². The van der Waals surface area contributed by atoms with Crippen LogP contribution in [0, 0.1) is 0 Å². The first-order valence-electron chi connectivity index (χ1n) is 10.3. The number of esters is 2. The summed E-state index contributed by atoms with van der Waals surface area (Å²) < 4.78 is 9.58. The van der Waals surface area contributed by atoms with Crippen LogP contribution in [0.25, 0.3) is 0 Å². The Hall–Kier alpha value is -3.70. The summed E-state index contributed by atoms with van der Waals surface area (Å²) in [5.41, 5.74) is 0.441. The van der Waals surface area contributed by atoms with E-state index in [1.807, 2.05) is 0 Å². The second-order valence-electron chi connectivity index (χ2n) is 6.97. The molecular weight excluding hydrogens is 436 g/mol. The predicted molar refractivity (Wildman–Crippen MR) is 117 cm³/mol. The minimum absolute atomic E-state index is 0.0412. The third-order valence-electron chi connectivity index (χ3n) is 3.96. The summed E-state index contributed by atoms with van der Waals surface area (Å²) in [5.74, 6) is -4.74. The number of amides is 4. The molecule has 0 spiro atoms. The van der Waals surface area contributed by atoms with Crippen molar-refractivity contribution in [2.75, 3.05) is 32.8 Å². The topological polar surface area (TPSA) is 169 Å². The number of hydrogen-bond acceptors (Lipinski definition) is 8. The Bertz CT molecular complexity index is 778. The zero-order chi connectivity index (χ0) is 25.4. The normalized spacial score (nSPS) is 10.8. The third kappa shape index (κ3) is 13.3. The van der Waals surface area contributed by atoms with Gasteiger partial charge in [0.15, 0.2) is 0 Å². The molecule has 12 heteroatoms. The second-order valence-corrected chi connectivity index (χ2v) is 6.97. The van der Waals surface area contributed by atoms with Gasteiger partial charge in [-0.1, -0.05) is 20.1 Å². The molecule has 0 aliphatic carbocycles. The highest BCUT2D eigenvalue weighted by molar-refractivity contribution is 6.35. The number of nitrogens with one attached hydrogen (secondary N) is 4. The molecule has 0 aliphatic rings. The van der Waals surface area contributed by atoms with Gasteiger partial charge in [0, 0.05) is 23.7 Å². The van der Waals surface area contributed by atoms with Gasteiger partial charge in [0.1, 0.15) is 13.2 Å². The molecule has 0 bridgehead atoms. The summed E-state index contributed by atoms with van der Waals surface area (Å²) >= 11 is 0. The van der Waals surface area contributed by atoms with E-state index in [-0.39, 0.29) is 50.4 Å². The number of carbonyl (C=O) groups is 6. The minimum atomic E-state index is -0.898. The van der Waals surface area contributed by atoms with E-state index in [0.717, 1.165) is 0 Å². The highest BCUT2D eigenvalue weighted by Crippen LogP contribution is 1.97. The van der Waals surface area contributed by atoms with Crippen LogP contribution in [0.5, 0.6) is 0 Å². The molecule has 1 atom stereocenters. The lowest BCUT2D eigenvalue weighted by atomic mass is 10.1. The van der Waals surface area contributed by atoms with Crippen LogP contribution in [0.1, 0.15) is 33.6 Å². The molecule has 184 valence electrons. The minimum Gasteiger partial charge on any atom is -0.460 e. The van der Waals surface area contributed by atoms with Crippen LogP contribution in [-0.4, -0.2) is 74.5 Å². The molecule has 0 saturated carbocycles. The summed E-state index contributed by atoms with van der Waals surface area (Å²) in [6, 6.07) is -0.422. The summed E-state index contributed by atoms with van der Waals surface area (Å²) in [5, 5.41) is 9.53. The lowest BCUT2D eigenvalue weighted by Gasteiger charge is -2.17. The molecule has 0 saturated heterocycles. The highest BCUT2D eigenvalue weighted by Gasteiger charge is 2.18. The fourth-order valence-electron chi connectivity index (χ4n) is 2.09. The van der Waals surface area contributed by atoms with Crippen LogP contribution in [0.15, 0.2) is 24.3 Å². The molecule has 0 radical (unpaired) electrons. The van der Waals surface area contributed by atoms with Crippen LogP contribution in [-0.2, 0) is 38.2 Å². The Kier molecular flexibility index (Phi) is 14.2. The van der Waals surface area contributed by atoms with Crippen molar-refractivity contribution in [2.45, 2.75) is 39.7 Å². The summed E-state index contributed by atoms with van der Waals surface area (Å²) in [6.07, 6.45) is 0.756. The zero-order valence-electron chi connectivity index (χ0n) is 19.2. The van der Waals surface area contributed by atoms with Crippen LogP contribution < -0.4 is 21.3 Å². The number of carbonyl (C=O) groups excluding carboxylic acids is 6. The molecule has 33 heavy (non-hydrogen) atoms. The standard InChI is InChI=1S/C21H32N4O8/c1-6-15(25-19(29)18(28)24-10-12-33-21(31)14(4)5)7-8-22-16(26)17(27)23-9-11-32-20(30)13(2)3/h15H,2,4,6-12H2,1,3,5H3,(H,22,26)(H,23,27)(H,24,28)(H,25,29). The fourth-order valence-corrected chi connectivity index (χ4v) is 2.09. The predicted octanol–water partition coefficient (Wildman–Crippen LogP) is -1.14. The van der Waals surface area contributed by atoms with Crippen LogP contribution in [0.4, 0.5) is 0 Å². The Morgan fingerprint density at radius 2 is 1.09 bits per heavy atom. The van der Waals surface area contributed by atoms with E-state index in [2.05, 4.69) is 34.4 Å². The smallest absolute Gasteiger partial charge is 0.333 e. The first-order chi connectivity index (χ1) is 15.5. The van der Waals surface area contributed by atoms with E-state index in [1.54, 1.807) is 6.92 Å². The van der Waals surface area contributed by atoms with Gasteiger partial charge < -0.3 is 30.7 Å². The SMILES string of the molecule is C=C(C)C(=O)OCCNC(=O)C(=O)NCCC(CC)NC(=O)C(=O)NCCOC(=O)C(=C)C. The van der Waals surface area contributed by atoms with Crippen molar-refractivity contribution in [3.63, 3.8) is 0 Å². The molecule has 12 nitrogen and oxygen atoms in total. The molecule has 1 unspecified atom stereocenters. The van der Waals surface area contributed by atoms with Gasteiger partial charge in [0.25, 0.3) is 0 Å². The Labute approximate surface area is 192 Å². The molecule has 0 fully saturated rings. The van der Waals surface area contributed by atoms with Gasteiger partial charge in [0.2, 0.25) is 0 Å². The Balaban J connectivity index is 4.16. The lowest BCUT2D eigenvalue weighted by molar-refractivity contribution is -0.141. The van der Waals surface area contributed by atoms with E-state index < -0.39 is 41.6 Å². The van der Waals surface area contributed by atoms with Gasteiger partial charge in [-0.05, 0) is 26.7 Å². The average Bonchev–Trinajstić information content (AvgIpc) is 2.77. The van der Waals surface area contributed by atoms with E-state index in [4.69, 9.17) is 9.47 Å². The Morgan fingerprint density at radius 3 is 1.48 bits per heavy atom. The van der Waals surface area contributed by atoms with Gasteiger partial charge in [-0.3, -0.25) is 19.2 Å². The fraction of sp³-hybridized carbons (Fsp3) is 0.524. The maximum absolute atomic E-state index is 12.0. The monoisotopic (exact) mass is 468 g/mol. The molecule has 0 aromatic carbocycles. The zero-order valence-corrected chi connectivity index (χ0v) is 19.2. The first kappa shape index (κ1) is 29.3. The van der Waals surface area contributed by atoms with Crippen molar-refractivity contribution in [1.82, 2.24) is 21.3 Å². The van der Waals surface area contributed by atoms with Crippen LogP contribution >= 0.6 is 0 Å². The van der Waals surface area contributed by atoms with Crippen molar-refractivity contribution in [3.8, 4) is 0 Å². The van der Waals surface area contributed by atoms with Gasteiger partial charge >= 0.3 is 35.6 Å². The molecule has 0 aromatic rings. The molecule has 0 rings (SSSR count). The van der Waals surface area contributed by atoms with Crippen molar-refractivity contribution in [1.29, 1.82) is 0 Å². The molecule has 0 heterocycles. The van der Waals surface area contributed by atoms with Crippen molar-refractivity contribution in [2.24, 2.45) is 0 Å². The Morgan fingerprint density at radius 1 is 0.697 bits per heavy atom. The summed E-state index contributed by atoms with van der Waals surface area (Å²) in [7, 11) is 0. The van der Waals surface area contributed by atoms with Gasteiger partial charge in [-0.2, -0.15) is 0 Å². The molecular formula is C21H32N4O8. The van der Waals surface area contributed by atoms with E-state index in [9.17, 15) is 28.8 Å². The van der Waals surface area contributed by atoms with Gasteiger partial charge in [-0.25, -0.2) is 9.59 Å². The molecule has 4 N–H and O–H groups in total. The summed E-state index contributed by atoms with van der Waals surface area (Å²) in [6.45, 7) is 11.4. The largest absolute Gasteiger partial charge is 0.460 e. The van der Waals surface area contributed by atoms with Crippen molar-refractivity contribution in [3.05, 3.63) is 24.3 Å². The van der Waals surface area contributed by atoms with Crippen molar-refractivity contribution < 1.29 is 38.2 Å². The summed E-state index contributed by atoms with van der Waals surface area (Å²) in [4.78, 5) is 69.7. The molecule has 0 aromatic heterocycles. The van der Waals surface area contributed by atoms with Gasteiger partial charge in [-0.15, -0.1) is 0 Å².